The van der Waals surface area contributed by atoms with E-state index in [0.29, 0.717) is 17.3 Å². The second-order valence-corrected chi connectivity index (χ2v) is 4.01. The summed E-state index contributed by atoms with van der Waals surface area (Å²) in [7, 11) is 1.74. The summed E-state index contributed by atoms with van der Waals surface area (Å²) in [6.45, 7) is 2.12. The zero-order valence-corrected chi connectivity index (χ0v) is 10.3. The normalized spacial score (nSPS) is 10.5. The first-order chi connectivity index (χ1) is 8.09. The summed E-state index contributed by atoms with van der Waals surface area (Å²) in [6.07, 6.45) is 1.55. The highest BCUT2D eigenvalue weighted by atomic mass is 35.5. The molecule has 0 bridgehead atoms. The second-order valence-electron chi connectivity index (χ2n) is 3.63. The van der Waals surface area contributed by atoms with E-state index in [1.807, 2.05) is 0 Å². The number of nitrogens with zero attached hydrogens (tertiary/aromatic N) is 2. The summed E-state index contributed by atoms with van der Waals surface area (Å²) in [4.78, 5) is 11.8. The van der Waals surface area contributed by atoms with Crippen molar-refractivity contribution < 1.29 is 9.21 Å². The number of carbonyl (C=O) groups is 1. The first-order valence-electron chi connectivity index (χ1n) is 5.09. The number of hydrogen-bond donors (Lipinski definition) is 1. The molecule has 0 unspecified atom stereocenters. The minimum absolute atomic E-state index is 0.234. The molecule has 0 spiro atoms. The highest BCUT2D eigenvalue weighted by Gasteiger charge is 2.17. The predicted molar refractivity (Wildman–Crippen MR) is 62.8 cm³/mol. The Hall–Kier alpha value is -1.75. The molecule has 0 aromatic carbocycles. The fourth-order valence-electron chi connectivity index (χ4n) is 1.39. The Morgan fingerprint density at radius 3 is 2.94 bits per heavy atom. The van der Waals surface area contributed by atoms with Crippen LogP contribution in [0.1, 0.15) is 21.9 Å². The minimum Gasteiger partial charge on any atom is -0.467 e. The van der Waals surface area contributed by atoms with Crippen molar-refractivity contribution in [1.29, 1.82) is 0 Å². The van der Waals surface area contributed by atoms with Crippen molar-refractivity contribution in [1.82, 2.24) is 15.1 Å². The number of rotatable bonds is 3. The number of nitrogens with one attached hydrogen (secondary N) is 1. The molecular weight excluding hydrogens is 242 g/mol. The Bertz CT molecular complexity index is 531. The van der Waals surface area contributed by atoms with Gasteiger partial charge in [0, 0.05) is 7.05 Å². The number of furan rings is 1. The lowest BCUT2D eigenvalue weighted by molar-refractivity contribution is 0.0942. The van der Waals surface area contributed by atoms with E-state index in [-0.39, 0.29) is 11.6 Å². The Balaban J connectivity index is 2.07. The van der Waals surface area contributed by atoms with Crippen molar-refractivity contribution in [3.63, 3.8) is 0 Å². The smallest absolute Gasteiger partial charge is 0.273 e. The molecule has 90 valence electrons. The van der Waals surface area contributed by atoms with Crippen LogP contribution < -0.4 is 5.32 Å². The lowest BCUT2D eigenvalue weighted by Crippen LogP contribution is -2.23. The van der Waals surface area contributed by atoms with Crippen LogP contribution in [0.2, 0.25) is 5.02 Å². The number of amides is 1. The van der Waals surface area contributed by atoms with Crippen LogP contribution in [-0.2, 0) is 13.6 Å². The summed E-state index contributed by atoms with van der Waals surface area (Å²) < 4.78 is 6.68. The van der Waals surface area contributed by atoms with Gasteiger partial charge in [-0.05, 0) is 19.1 Å². The van der Waals surface area contributed by atoms with Gasteiger partial charge >= 0.3 is 0 Å². The molecule has 17 heavy (non-hydrogen) atoms. The van der Waals surface area contributed by atoms with E-state index in [4.69, 9.17) is 16.0 Å². The summed E-state index contributed by atoms with van der Waals surface area (Å²) in [5.41, 5.74) is 0.994. The molecule has 0 aliphatic rings. The fourth-order valence-corrected chi connectivity index (χ4v) is 1.64. The Morgan fingerprint density at radius 1 is 1.65 bits per heavy atom. The molecule has 2 aromatic rings. The van der Waals surface area contributed by atoms with Crippen LogP contribution in [0.25, 0.3) is 0 Å². The molecular formula is C11H12ClN3O2. The third kappa shape index (κ3) is 2.34. The average molecular weight is 254 g/mol. The molecule has 5 nitrogen and oxygen atoms in total. The average Bonchev–Trinajstić information content (AvgIpc) is 2.91. The summed E-state index contributed by atoms with van der Waals surface area (Å²) in [5, 5.41) is 7.12. The van der Waals surface area contributed by atoms with E-state index >= 15 is 0 Å². The molecule has 0 fully saturated rings. The van der Waals surface area contributed by atoms with Gasteiger partial charge in [0.15, 0.2) is 5.69 Å². The van der Waals surface area contributed by atoms with Crippen LogP contribution in [0.4, 0.5) is 0 Å². The monoisotopic (exact) mass is 253 g/mol. The third-order valence-corrected chi connectivity index (χ3v) is 2.93. The molecule has 1 amide bonds. The van der Waals surface area contributed by atoms with Crippen molar-refractivity contribution in [2.45, 2.75) is 13.5 Å². The van der Waals surface area contributed by atoms with Crippen molar-refractivity contribution >= 4 is 17.5 Å². The van der Waals surface area contributed by atoms with Crippen molar-refractivity contribution in [2.24, 2.45) is 7.05 Å². The molecule has 6 heteroatoms. The number of aryl methyl sites for hydroxylation is 1. The van der Waals surface area contributed by atoms with Gasteiger partial charge in [-0.3, -0.25) is 9.48 Å². The standard InChI is InChI=1S/C11H12ClN3O2/c1-7-9(12)10(14-15(7)2)11(16)13-6-8-4-3-5-17-8/h3-5H,6H2,1-2H3,(H,13,16). The zero-order valence-electron chi connectivity index (χ0n) is 9.53. The SMILES string of the molecule is Cc1c(Cl)c(C(=O)NCc2ccco2)nn1C. The van der Waals surface area contributed by atoms with Gasteiger partial charge in [-0.1, -0.05) is 11.6 Å². The van der Waals surface area contributed by atoms with Gasteiger partial charge in [0.2, 0.25) is 0 Å². The zero-order chi connectivity index (χ0) is 12.4. The van der Waals surface area contributed by atoms with Gasteiger partial charge in [-0.15, -0.1) is 0 Å². The molecule has 0 aliphatic carbocycles. The van der Waals surface area contributed by atoms with Gasteiger partial charge in [0.1, 0.15) is 5.76 Å². The lowest BCUT2D eigenvalue weighted by atomic mass is 10.3. The lowest BCUT2D eigenvalue weighted by Gasteiger charge is -2.00. The third-order valence-electron chi connectivity index (χ3n) is 2.48. The van der Waals surface area contributed by atoms with E-state index in [0.717, 1.165) is 5.69 Å². The van der Waals surface area contributed by atoms with Gasteiger partial charge in [0.05, 0.1) is 23.5 Å². The molecule has 0 aliphatic heterocycles. The number of aromatic nitrogens is 2. The van der Waals surface area contributed by atoms with E-state index in [1.165, 1.54) is 0 Å². The molecule has 2 heterocycles. The van der Waals surface area contributed by atoms with Crippen LogP contribution in [0, 0.1) is 6.92 Å². The molecule has 1 N–H and O–H groups in total. The van der Waals surface area contributed by atoms with Gasteiger partial charge < -0.3 is 9.73 Å². The first kappa shape index (κ1) is 11.7. The van der Waals surface area contributed by atoms with Crippen molar-refractivity contribution in [2.75, 3.05) is 0 Å². The molecule has 2 rings (SSSR count). The molecule has 0 radical (unpaired) electrons. The van der Waals surface area contributed by atoms with Gasteiger partial charge in [0.25, 0.3) is 5.91 Å². The van der Waals surface area contributed by atoms with Gasteiger partial charge in [-0.25, -0.2) is 0 Å². The number of halogens is 1. The fraction of sp³-hybridized carbons (Fsp3) is 0.273. The second kappa shape index (κ2) is 4.63. The highest BCUT2D eigenvalue weighted by molar-refractivity contribution is 6.34. The van der Waals surface area contributed by atoms with Gasteiger partial charge in [-0.2, -0.15) is 5.10 Å². The van der Waals surface area contributed by atoms with E-state index in [2.05, 4.69) is 10.4 Å². The molecule has 0 saturated heterocycles. The topological polar surface area (TPSA) is 60.1 Å². The number of hydrogen-bond acceptors (Lipinski definition) is 3. The first-order valence-corrected chi connectivity index (χ1v) is 5.47. The quantitative estimate of drug-likeness (QED) is 0.909. The molecule has 2 aromatic heterocycles. The van der Waals surface area contributed by atoms with E-state index in [1.54, 1.807) is 37.0 Å². The summed E-state index contributed by atoms with van der Waals surface area (Å²) in [5.74, 6) is 0.372. The number of carbonyl (C=O) groups excluding carboxylic acids is 1. The van der Waals surface area contributed by atoms with Crippen LogP contribution in [0.15, 0.2) is 22.8 Å². The van der Waals surface area contributed by atoms with E-state index < -0.39 is 0 Å². The van der Waals surface area contributed by atoms with Crippen LogP contribution in [0.3, 0.4) is 0 Å². The van der Waals surface area contributed by atoms with Crippen molar-refractivity contribution in [3.8, 4) is 0 Å². The predicted octanol–water partition coefficient (Wildman–Crippen LogP) is 1.90. The largest absolute Gasteiger partial charge is 0.467 e. The Labute approximate surface area is 103 Å². The Morgan fingerprint density at radius 2 is 2.41 bits per heavy atom. The maximum absolute atomic E-state index is 11.8. The van der Waals surface area contributed by atoms with Crippen LogP contribution in [-0.4, -0.2) is 15.7 Å². The van der Waals surface area contributed by atoms with E-state index in [9.17, 15) is 4.79 Å². The Kier molecular flexibility index (Phi) is 3.19. The maximum Gasteiger partial charge on any atom is 0.273 e. The summed E-state index contributed by atoms with van der Waals surface area (Å²) in [6, 6.07) is 3.55. The highest BCUT2D eigenvalue weighted by Crippen LogP contribution is 2.18. The minimum atomic E-state index is -0.310. The molecule has 0 atom stereocenters. The molecule has 0 saturated carbocycles. The maximum atomic E-state index is 11.8. The van der Waals surface area contributed by atoms with Crippen LogP contribution >= 0.6 is 11.6 Å². The van der Waals surface area contributed by atoms with Crippen molar-refractivity contribution in [3.05, 3.63) is 40.6 Å². The van der Waals surface area contributed by atoms with Crippen LogP contribution in [0.5, 0.6) is 0 Å². The summed E-state index contributed by atoms with van der Waals surface area (Å²) >= 11 is 6.00.